The molecule has 0 saturated carbocycles. The maximum absolute atomic E-state index is 11.4. The predicted molar refractivity (Wildman–Crippen MR) is 97.1 cm³/mol. The quantitative estimate of drug-likeness (QED) is 0.749. The van der Waals surface area contributed by atoms with Gasteiger partial charge in [-0.25, -0.2) is 0 Å². The summed E-state index contributed by atoms with van der Waals surface area (Å²) in [5.74, 6) is 0. The van der Waals surface area contributed by atoms with Crippen molar-refractivity contribution >= 4 is 21.7 Å². The molecule has 0 bridgehead atoms. The lowest BCUT2D eigenvalue weighted by atomic mass is 10.1. The minimum atomic E-state index is -0.910. The van der Waals surface area contributed by atoms with Gasteiger partial charge < -0.3 is 10.3 Å². The van der Waals surface area contributed by atoms with E-state index < -0.39 is 10.8 Å². The van der Waals surface area contributed by atoms with Gasteiger partial charge >= 0.3 is 0 Å². The smallest absolute Gasteiger partial charge is 0.0498 e. The van der Waals surface area contributed by atoms with Gasteiger partial charge in [0.05, 0.1) is 0 Å². The lowest BCUT2D eigenvalue weighted by Crippen LogP contribution is -2.12. The monoisotopic (exact) mass is 326 g/mol. The maximum atomic E-state index is 11.4. The van der Waals surface area contributed by atoms with Gasteiger partial charge in [0.2, 0.25) is 0 Å². The minimum Gasteiger partial charge on any atom is -0.358 e. The zero-order valence-electron chi connectivity index (χ0n) is 13.8. The highest BCUT2D eigenvalue weighted by Gasteiger charge is 2.05. The molecular weight excluding hydrogens is 304 g/mol. The molecule has 0 aliphatic rings. The summed E-state index contributed by atoms with van der Waals surface area (Å²) in [5, 5.41) is 4.77. The summed E-state index contributed by atoms with van der Waals surface area (Å²) in [6.07, 6.45) is 1.70. The van der Waals surface area contributed by atoms with Crippen molar-refractivity contribution in [3.05, 3.63) is 64.8 Å². The molecule has 0 radical (unpaired) electrons. The zero-order valence-corrected chi connectivity index (χ0v) is 14.6. The number of rotatable bonds is 5. The summed E-state index contributed by atoms with van der Waals surface area (Å²) < 4.78 is 11.4. The second kappa shape index (κ2) is 6.69. The Kier molecular flexibility index (Phi) is 4.64. The summed E-state index contributed by atoms with van der Waals surface area (Å²) in [7, 11) is -0.910. The van der Waals surface area contributed by atoms with E-state index in [1.807, 2.05) is 24.3 Å². The molecule has 0 aliphatic heterocycles. The molecule has 1 heterocycles. The number of aromatic nitrogens is 1. The fraction of sp³-hybridized carbons (Fsp3) is 0.263. The molecular formula is C19H22N2OS. The number of nitrogens with one attached hydrogen (secondary N) is 2. The van der Waals surface area contributed by atoms with Crippen molar-refractivity contribution in [1.82, 2.24) is 10.3 Å². The van der Waals surface area contributed by atoms with Crippen molar-refractivity contribution < 1.29 is 4.21 Å². The van der Waals surface area contributed by atoms with E-state index >= 15 is 0 Å². The van der Waals surface area contributed by atoms with Gasteiger partial charge in [-0.15, -0.1) is 0 Å². The van der Waals surface area contributed by atoms with Crippen LogP contribution in [0.15, 0.2) is 47.4 Å². The van der Waals surface area contributed by atoms with E-state index in [4.69, 9.17) is 0 Å². The van der Waals surface area contributed by atoms with Crippen LogP contribution in [0.4, 0.5) is 0 Å². The first-order valence-electron chi connectivity index (χ1n) is 7.75. The van der Waals surface area contributed by atoms with E-state index in [1.54, 1.807) is 6.26 Å². The van der Waals surface area contributed by atoms with Gasteiger partial charge in [-0.1, -0.05) is 18.2 Å². The van der Waals surface area contributed by atoms with Crippen molar-refractivity contribution in [3.8, 4) is 0 Å². The molecule has 1 aromatic heterocycles. The normalized spacial score (nSPS) is 12.7. The molecule has 3 aromatic rings. The summed E-state index contributed by atoms with van der Waals surface area (Å²) in [4.78, 5) is 4.28. The van der Waals surface area contributed by atoms with Gasteiger partial charge in [-0.2, -0.15) is 0 Å². The third-order valence-corrected chi connectivity index (χ3v) is 5.22. The molecule has 120 valence electrons. The van der Waals surface area contributed by atoms with E-state index in [9.17, 15) is 4.21 Å². The number of benzene rings is 2. The van der Waals surface area contributed by atoms with Crippen LogP contribution in [0.3, 0.4) is 0 Å². The number of aromatic amines is 1. The molecule has 4 heteroatoms. The van der Waals surface area contributed by atoms with E-state index in [-0.39, 0.29) is 0 Å². The number of hydrogen-bond acceptors (Lipinski definition) is 2. The van der Waals surface area contributed by atoms with Crippen LogP contribution in [-0.2, 0) is 23.9 Å². The van der Waals surface area contributed by atoms with Crippen LogP contribution in [0.1, 0.15) is 22.4 Å². The third-order valence-electron chi connectivity index (χ3n) is 4.29. The van der Waals surface area contributed by atoms with Crippen molar-refractivity contribution in [3.63, 3.8) is 0 Å². The number of H-pyrrole nitrogens is 1. The molecule has 23 heavy (non-hydrogen) atoms. The summed E-state index contributed by atoms with van der Waals surface area (Å²) >= 11 is 0. The molecule has 1 atom stereocenters. The van der Waals surface area contributed by atoms with Gasteiger partial charge in [0.1, 0.15) is 0 Å². The Bertz CT molecular complexity index is 850. The van der Waals surface area contributed by atoms with Crippen molar-refractivity contribution in [2.24, 2.45) is 0 Å². The molecule has 0 aliphatic carbocycles. The molecule has 1 unspecified atom stereocenters. The van der Waals surface area contributed by atoms with Crippen LogP contribution in [0.25, 0.3) is 10.9 Å². The molecule has 3 nitrogen and oxygen atoms in total. The fourth-order valence-electron chi connectivity index (χ4n) is 2.77. The first-order chi connectivity index (χ1) is 11.0. The average molecular weight is 326 g/mol. The Balaban J connectivity index is 1.64. The fourth-order valence-corrected chi connectivity index (χ4v) is 3.29. The van der Waals surface area contributed by atoms with E-state index in [1.165, 1.54) is 33.3 Å². The van der Waals surface area contributed by atoms with Crippen LogP contribution < -0.4 is 5.32 Å². The molecule has 2 aromatic carbocycles. The molecule has 0 amide bonds. The van der Waals surface area contributed by atoms with Crippen molar-refractivity contribution in [2.75, 3.05) is 6.26 Å². The van der Waals surface area contributed by atoms with Crippen molar-refractivity contribution in [2.45, 2.75) is 31.8 Å². The van der Waals surface area contributed by atoms with Crippen LogP contribution >= 0.6 is 0 Å². The highest BCUT2D eigenvalue weighted by atomic mass is 32.2. The second-order valence-corrected chi connectivity index (χ2v) is 7.34. The number of hydrogen-bond donors (Lipinski definition) is 2. The molecule has 0 saturated heterocycles. The van der Waals surface area contributed by atoms with Crippen LogP contribution in [0.5, 0.6) is 0 Å². The predicted octanol–water partition coefficient (Wildman–Crippen LogP) is 3.81. The maximum Gasteiger partial charge on any atom is 0.0498 e. The SMILES string of the molecule is Cc1[nH]c2ccc(CNCc3ccc(S(C)=O)cc3)cc2c1C. The van der Waals surface area contributed by atoms with E-state index in [2.05, 4.69) is 42.3 Å². The van der Waals surface area contributed by atoms with Gasteiger partial charge in [-0.3, -0.25) is 4.21 Å². The minimum absolute atomic E-state index is 0.805. The largest absolute Gasteiger partial charge is 0.358 e. The Hall–Kier alpha value is -1.91. The number of fused-ring (bicyclic) bond motifs is 1. The van der Waals surface area contributed by atoms with Crippen molar-refractivity contribution in [1.29, 1.82) is 0 Å². The topological polar surface area (TPSA) is 44.9 Å². The Morgan fingerprint density at radius 1 is 1.00 bits per heavy atom. The first-order valence-corrected chi connectivity index (χ1v) is 9.31. The Morgan fingerprint density at radius 2 is 1.65 bits per heavy atom. The van der Waals surface area contributed by atoms with Crippen LogP contribution in [-0.4, -0.2) is 15.4 Å². The lowest BCUT2D eigenvalue weighted by Gasteiger charge is -2.06. The Morgan fingerprint density at radius 3 is 2.35 bits per heavy atom. The van der Waals surface area contributed by atoms with E-state index in [0.29, 0.717) is 0 Å². The zero-order chi connectivity index (χ0) is 16.4. The van der Waals surface area contributed by atoms with Gasteiger partial charge in [-0.05, 0) is 54.8 Å². The molecule has 3 rings (SSSR count). The Labute approximate surface area is 139 Å². The second-order valence-electron chi connectivity index (χ2n) is 5.96. The molecule has 0 spiro atoms. The van der Waals surface area contributed by atoms with E-state index in [0.717, 1.165) is 18.0 Å². The standard InChI is InChI=1S/C19H22N2OS/c1-13-14(2)21-19-9-6-16(10-18(13)19)12-20-11-15-4-7-17(8-5-15)23(3)22/h4-10,20-21H,11-12H2,1-3H3. The molecule has 0 fully saturated rings. The van der Waals surface area contributed by atoms with Gasteiger partial charge in [0.15, 0.2) is 0 Å². The summed E-state index contributed by atoms with van der Waals surface area (Å²) in [6, 6.07) is 14.5. The van der Waals surface area contributed by atoms with Crippen LogP contribution in [0.2, 0.25) is 0 Å². The first kappa shape index (κ1) is 16.0. The lowest BCUT2D eigenvalue weighted by molar-refractivity contribution is 0.685. The van der Waals surface area contributed by atoms with Gasteiger partial charge in [0.25, 0.3) is 0 Å². The van der Waals surface area contributed by atoms with Gasteiger partial charge in [0, 0.05) is 51.6 Å². The molecule has 2 N–H and O–H groups in total. The summed E-state index contributed by atoms with van der Waals surface area (Å²) in [6.45, 7) is 5.91. The number of aryl methyl sites for hydroxylation is 2. The summed E-state index contributed by atoms with van der Waals surface area (Å²) in [5.41, 5.74) is 6.25. The van der Waals surface area contributed by atoms with Crippen LogP contribution in [0, 0.1) is 13.8 Å². The highest BCUT2D eigenvalue weighted by molar-refractivity contribution is 7.84. The highest BCUT2D eigenvalue weighted by Crippen LogP contribution is 2.22. The third kappa shape index (κ3) is 3.54. The average Bonchev–Trinajstić information content (AvgIpc) is 2.83.